The van der Waals surface area contributed by atoms with Gasteiger partial charge in [-0.3, -0.25) is 9.82 Å². The minimum absolute atomic E-state index is 0.298. The van der Waals surface area contributed by atoms with Gasteiger partial charge in [-0.15, -0.1) is 0 Å². The van der Waals surface area contributed by atoms with Crippen LogP contribution in [0.3, 0.4) is 0 Å². The van der Waals surface area contributed by atoms with E-state index in [1.807, 2.05) is 0 Å². The van der Waals surface area contributed by atoms with Crippen molar-refractivity contribution in [3.63, 3.8) is 0 Å². The lowest BCUT2D eigenvalue weighted by atomic mass is 10.2. The fourth-order valence-electron chi connectivity index (χ4n) is 1.66. The molecule has 2 heterocycles. The third-order valence-corrected chi connectivity index (χ3v) is 4.35. The van der Waals surface area contributed by atoms with Gasteiger partial charge in [-0.05, 0) is 25.9 Å². The van der Waals surface area contributed by atoms with Gasteiger partial charge in [0.1, 0.15) is 0 Å². The molecular weight excluding hydrogens is 216 g/mol. The normalized spacial score (nSPS) is 18.9. The number of hydrogen-bond acceptors (Lipinski definition) is 4. The van der Waals surface area contributed by atoms with Gasteiger partial charge in [0.15, 0.2) is 0 Å². The molecule has 0 unspecified atom stereocenters. The van der Waals surface area contributed by atoms with E-state index in [-0.39, 0.29) is 5.25 Å². The Morgan fingerprint density at radius 3 is 2.73 bits per heavy atom. The lowest BCUT2D eigenvalue weighted by Crippen LogP contribution is -2.38. The molecule has 84 valence electrons. The Morgan fingerprint density at radius 1 is 1.40 bits per heavy atom. The monoisotopic (exact) mass is 230 g/mol. The maximum atomic E-state index is 11.9. The van der Waals surface area contributed by atoms with Crippen molar-refractivity contribution in [2.45, 2.75) is 18.1 Å². The molecular formula is C8H14N4O2S. The van der Waals surface area contributed by atoms with Gasteiger partial charge in [-0.25, -0.2) is 8.42 Å². The van der Waals surface area contributed by atoms with Crippen molar-refractivity contribution >= 4 is 15.7 Å². The average Bonchev–Trinajstić information content (AvgIpc) is 2.71. The standard InChI is InChI=1S/C8H14N4O2S/c13-15(14,8-1-3-9-4-2-8)12-7-5-10-11-6-7/h5-6,8-9,12H,1-4H2,(H,10,11). The fraction of sp³-hybridized carbons (Fsp3) is 0.625. The maximum absolute atomic E-state index is 11.9. The molecule has 1 aliphatic rings. The van der Waals surface area contributed by atoms with Gasteiger partial charge >= 0.3 is 0 Å². The van der Waals surface area contributed by atoms with E-state index in [9.17, 15) is 8.42 Å². The molecule has 1 aliphatic heterocycles. The molecule has 1 saturated heterocycles. The molecule has 15 heavy (non-hydrogen) atoms. The topological polar surface area (TPSA) is 86.9 Å². The molecule has 2 rings (SSSR count). The summed E-state index contributed by atoms with van der Waals surface area (Å²) in [5.74, 6) is 0. The number of aromatic amines is 1. The lowest BCUT2D eigenvalue weighted by Gasteiger charge is -2.22. The van der Waals surface area contributed by atoms with Gasteiger partial charge in [-0.2, -0.15) is 5.10 Å². The molecule has 6 nitrogen and oxygen atoms in total. The van der Waals surface area contributed by atoms with Crippen molar-refractivity contribution in [2.75, 3.05) is 17.8 Å². The third-order valence-electron chi connectivity index (χ3n) is 2.48. The van der Waals surface area contributed by atoms with Crippen molar-refractivity contribution < 1.29 is 8.42 Å². The van der Waals surface area contributed by atoms with E-state index in [2.05, 4.69) is 20.2 Å². The first-order valence-corrected chi connectivity index (χ1v) is 6.44. The average molecular weight is 230 g/mol. The summed E-state index contributed by atoms with van der Waals surface area (Å²) in [5.41, 5.74) is 0.494. The molecule has 0 radical (unpaired) electrons. The molecule has 3 N–H and O–H groups in total. The van der Waals surface area contributed by atoms with Crippen molar-refractivity contribution in [3.05, 3.63) is 12.4 Å². The summed E-state index contributed by atoms with van der Waals surface area (Å²) in [4.78, 5) is 0. The van der Waals surface area contributed by atoms with Gasteiger partial charge in [-0.1, -0.05) is 0 Å². The number of nitrogens with zero attached hydrogens (tertiary/aromatic N) is 1. The number of piperidine rings is 1. The Bertz CT molecular complexity index is 394. The summed E-state index contributed by atoms with van der Waals surface area (Å²) in [6.07, 6.45) is 4.30. The van der Waals surface area contributed by atoms with Crippen LogP contribution in [-0.2, 0) is 10.0 Å². The van der Waals surface area contributed by atoms with Crippen LogP contribution in [-0.4, -0.2) is 37.0 Å². The van der Waals surface area contributed by atoms with Crippen molar-refractivity contribution in [2.24, 2.45) is 0 Å². The molecule has 1 aromatic heterocycles. The summed E-state index contributed by atoms with van der Waals surface area (Å²) in [6, 6.07) is 0. The Balaban J connectivity index is 2.05. The van der Waals surface area contributed by atoms with Crippen molar-refractivity contribution in [1.29, 1.82) is 0 Å². The summed E-state index contributed by atoms with van der Waals surface area (Å²) in [7, 11) is -3.26. The number of nitrogens with one attached hydrogen (secondary N) is 3. The predicted octanol–water partition coefficient (Wildman–Crippen LogP) is -0.0966. The molecule has 7 heteroatoms. The second kappa shape index (κ2) is 4.19. The van der Waals surface area contributed by atoms with E-state index < -0.39 is 10.0 Å². The third kappa shape index (κ3) is 2.48. The number of hydrogen-bond donors (Lipinski definition) is 3. The van der Waals surface area contributed by atoms with E-state index in [1.54, 1.807) is 0 Å². The lowest BCUT2D eigenvalue weighted by molar-refractivity contribution is 0.499. The minimum atomic E-state index is -3.26. The van der Waals surface area contributed by atoms with Crippen LogP contribution >= 0.6 is 0 Å². The molecule has 1 aromatic rings. The first-order valence-electron chi connectivity index (χ1n) is 4.89. The molecule has 0 spiro atoms. The summed E-state index contributed by atoms with van der Waals surface area (Å²) < 4.78 is 26.3. The van der Waals surface area contributed by atoms with Crippen LogP contribution in [0.4, 0.5) is 5.69 Å². The van der Waals surface area contributed by atoms with Crippen LogP contribution in [0, 0.1) is 0 Å². The molecule has 0 saturated carbocycles. The number of H-pyrrole nitrogens is 1. The molecule has 0 aliphatic carbocycles. The summed E-state index contributed by atoms with van der Waals surface area (Å²) in [6.45, 7) is 1.52. The molecule has 0 atom stereocenters. The highest BCUT2D eigenvalue weighted by Crippen LogP contribution is 2.16. The SMILES string of the molecule is O=S(=O)(Nc1cn[nH]c1)C1CCNCC1. The first-order chi connectivity index (χ1) is 7.18. The largest absolute Gasteiger partial charge is 0.317 e. The zero-order valence-corrected chi connectivity index (χ0v) is 9.05. The minimum Gasteiger partial charge on any atom is -0.317 e. The van der Waals surface area contributed by atoms with E-state index in [0.29, 0.717) is 18.5 Å². The van der Waals surface area contributed by atoms with Crippen molar-refractivity contribution in [3.8, 4) is 0 Å². The van der Waals surface area contributed by atoms with E-state index >= 15 is 0 Å². The molecule has 0 aromatic carbocycles. The van der Waals surface area contributed by atoms with Gasteiger partial charge < -0.3 is 5.32 Å². The van der Waals surface area contributed by atoms with Gasteiger partial charge in [0.25, 0.3) is 0 Å². The van der Waals surface area contributed by atoms with E-state index in [4.69, 9.17) is 0 Å². The maximum Gasteiger partial charge on any atom is 0.235 e. The van der Waals surface area contributed by atoms with Crippen molar-refractivity contribution in [1.82, 2.24) is 15.5 Å². The fourth-order valence-corrected chi connectivity index (χ4v) is 3.12. The summed E-state index contributed by atoms with van der Waals surface area (Å²) in [5, 5.41) is 9.09. The molecule has 0 bridgehead atoms. The van der Waals surface area contributed by atoms with Gasteiger partial charge in [0, 0.05) is 6.20 Å². The van der Waals surface area contributed by atoms with Crippen LogP contribution in [0.1, 0.15) is 12.8 Å². The second-order valence-corrected chi connectivity index (χ2v) is 5.54. The quantitative estimate of drug-likeness (QED) is 0.677. The van der Waals surface area contributed by atoms with Crippen LogP contribution in [0.5, 0.6) is 0 Å². The van der Waals surface area contributed by atoms with E-state index in [1.165, 1.54) is 12.4 Å². The first kappa shape index (κ1) is 10.4. The zero-order chi connectivity index (χ0) is 10.7. The molecule has 1 fully saturated rings. The Hall–Kier alpha value is -1.08. The predicted molar refractivity (Wildman–Crippen MR) is 57.0 cm³/mol. The number of sulfonamides is 1. The summed E-state index contributed by atoms with van der Waals surface area (Å²) >= 11 is 0. The zero-order valence-electron chi connectivity index (χ0n) is 8.23. The Morgan fingerprint density at radius 2 is 2.13 bits per heavy atom. The number of anilines is 1. The Kier molecular flexibility index (Phi) is 2.92. The van der Waals surface area contributed by atoms with Crippen LogP contribution in [0.15, 0.2) is 12.4 Å². The number of aromatic nitrogens is 2. The van der Waals surface area contributed by atoms with Crippen LogP contribution in [0.25, 0.3) is 0 Å². The highest BCUT2D eigenvalue weighted by Gasteiger charge is 2.27. The van der Waals surface area contributed by atoms with Crippen LogP contribution < -0.4 is 10.0 Å². The number of rotatable bonds is 3. The smallest absolute Gasteiger partial charge is 0.235 e. The van der Waals surface area contributed by atoms with Gasteiger partial charge in [0.2, 0.25) is 10.0 Å². The second-order valence-electron chi connectivity index (χ2n) is 3.58. The highest BCUT2D eigenvalue weighted by atomic mass is 32.2. The van der Waals surface area contributed by atoms with Crippen LogP contribution in [0.2, 0.25) is 0 Å². The Labute approximate surface area is 88.5 Å². The molecule has 0 amide bonds. The highest BCUT2D eigenvalue weighted by molar-refractivity contribution is 7.93. The van der Waals surface area contributed by atoms with E-state index in [0.717, 1.165) is 13.1 Å². The van der Waals surface area contributed by atoms with Gasteiger partial charge in [0.05, 0.1) is 17.1 Å².